The minimum absolute atomic E-state index is 0.250. The summed E-state index contributed by atoms with van der Waals surface area (Å²) in [5.41, 5.74) is 0.857. The highest BCUT2D eigenvalue weighted by atomic mass is 16.4. The van der Waals surface area contributed by atoms with Gasteiger partial charge in [0, 0.05) is 37.2 Å². The van der Waals surface area contributed by atoms with E-state index in [0.29, 0.717) is 11.5 Å². The van der Waals surface area contributed by atoms with E-state index in [1.807, 2.05) is 0 Å². The van der Waals surface area contributed by atoms with Crippen molar-refractivity contribution in [3.05, 3.63) is 73.2 Å². The lowest BCUT2D eigenvalue weighted by atomic mass is 10.1. The molecule has 0 saturated carbocycles. The second-order valence-electron chi connectivity index (χ2n) is 4.30. The Bertz CT molecular complexity index is 699. The van der Waals surface area contributed by atoms with Crippen molar-refractivity contribution in [3.8, 4) is 0 Å². The Balaban J connectivity index is 1.86. The predicted molar refractivity (Wildman–Crippen MR) is 78.7 cm³/mol. The van der Waals surface area contributed by atoms with Gasteiger partial charge in [0.05, 0.1) is 17.4 Å². The number of carboxylic acids is 1. The summed E-state index contributed by atoms with van der Waals surface area (Å²) >= 11 is 0. The molecule has 21 heavy (non-hydrogen) atoms. The van der Waals surface area contributed by atoms with Crippen LogP contribution in [0.15, 0.2) is 67.7 Å². The van der Waals surface area contributed by atoms with Crippen molar-refractivity contribution in [1.29, 1.82) is 0 Å². The molecule has 6 heteroatoms. The number of hydrogen-bond donors (Lipinski definition) is 1. The van der Waals surface area contributed by atoms with E-state index in [0.717, 1.165) is 0 Å². The molecule has 1 aromatic heterocycles. The van der Waals surface area contributed by atoms with Crippen LogP contribution in [-0.4, -0.2) is 21.0 Å². The van der Waals surface area contributed by atoms with Gasteiger partial charge in [-0.25, -0.2) is 9.78 Å². The van der Waals surface area contributed by atoms with Gasteiger partial charge in [-0.1, -0.05) is 12.1 Å². The van der Waals surface area contributed by atoms with Gasteiger partial charge in [-0.3, -0.25) is 4.98 Å². The average Bonchev–Trinajstić information content (AvgIpc) is 2.56. The van der Waals surface area contributed by atoms with E-state index in [1.54, 1.807) is 77.5 Å². The maximum absolute atomic E-state index is 11.2. The molecule has 3 rings (SSSR count). The molecule has 0 fully saturated rings. The topological polar surface area (TPSA) is 69.6 Å². The summed E-state index contributed by atoms with van der Waals surface area (Å²) in [6.07, 6.45) is 12.0. The summed E-state index contributed by atoms with van der Waals surface area (Å²) in [5, 5.41) is 9.22. The summed E-state index contributed by atoms with van der Waals surface area (Å²) in [6.45, 7) is 0. The number of aromatic nitrogens is 2. The van der Waals surface area contributed by atoms with Crippen LogP contribution >= 0.6 is 0 Å². The molecule has 1 aliphatic heterocycles. The molecule has 104 valence electrons. The van der Waals surface area contributed by atoms with Gasteiger partial charge in [0.1, 0.15) is 0 Å². The zero-order chi connectivity index (χ0) is 14.7. The Labute approximate surface area is 121 Å². The van der Waals surface area contributed by atoms with Gasteiger partial charge in [-0.05, 0) is 12.1 Å². The molecule has 1 N–H and O–H groups in total. The molecule has 2 heterocycles. The molecule has 0 atom stereocenters. The van der Waals surface area contributed by atoms with E-state index in [2.05, 4.69) is 9.97 Å². The highest BCUT2D eigenvalue weighted by Gasteiger charge is 2.15. The number of hydrogen-bond acceptors (Lipinski definition) is 5. The van der Waals surface area contributed by atoms with Gasteiger partial charge in [-0.2, -0.15) is 0 Å². The molecule has 0 radical (unpaired) electrons. The van der Waals surface area contributed by atoms with Gasteiger partial charge in [0.2, 0.25) is 0 Å². The smallest absolute Gasteiger partial charge is 0.337 e. The summed E-state index contributed by atoms with van der Waals surface area (Å²) in [5.74, 6) is -0.264. The molecule has 6 nitrogen and oxygen atoms in total. The van der Waals surface area contributed by atoms with Crippen LogP contribution in [0.25, 0.3) is 0 Å². The van der Waals surface area contributed by atoms with E-state index in [1.165, 1.54) is 0 Å². The predicted octanol–water partition coefficient (Wildman–Crippen LogP) is 2.44. The van der Waals surface area contributed by atoms with Crippen LogP contribution in [0.1, 0.15) is 10.4 Å². The van der Waals surface area contributed by atoms with Crippen LogP contribution in [-0.2, 0) is 0 Å². The van der Waals surface area contributed by atoms with E-state index in [4.69, 9.17) is 0 Å². The number of rotatable bonds is 3. The Hall–Kier alpha value is -3.15. The molecule has 0 aliphatic carbocycles. The zero-order valence-corrected chi connectivity index (χ0v) is 11.0. The van der Waals surface area contributed by atoms with Crippen molar-refractivity contribution in [1.82, 2.24) is 9.97 Å². The number of carboxylic acid groups (broad SMARTS) is 1. The SMILES string of the molecule is O=C(O)c1ccccc1N1C=CN(c2cnccn2)C=C1. The number of anilines is 2. The first-order valence-corrected chi connectivity index (χ1v) is 6.27. The zero-order valence-electron chi connectivity index (χ0n) is 11.0. The molecule has 1 aliphatic rings. The molecule has 0 amide bonds. The average molecular weight is 280 g/mol. The fourth-order valence-corrected chi connectivity index (χ4v) is 2.00. The van der Waals surface area contributed by atoms with Gasteiger partial charge < -0.3 is 14.9 Å². The lowest BCUT2D eigenvalue weighted by Crippen LogP contribution is -2.21. The molecule has 0 spiro atoms. The van der Waals surface area contributed by atoms with Gasteiger partial charge in [0.25, 0.3) is 0 Å². The van der Waals surface area contributed by atoms with Gasteiger partial charge in [-0.15, -0.1) is 0 Å². The molecule has 0 bridgehead atoms. The summed E-state index contributed by atoms with van der Waals surface area (Å²) in [6, 6.07) is 6.85. The quantitative estimate of drug-likeness (QED) is 0.931. The summed E-state index contributed by atoms with van der Waals surface area (Å²) < 4.78 is 0. The number of nitrogens with zero attached hydrogens (tertiary/aromatic N) is 4. The van der Waals surface area contributed by atoms with Crippen LogP contribution in [0.4, 0.5) is 11.5 Å². The lowest BCUT2D eigenvalue weighted by Gasteiger charge is -2.25. The number of benzene rings is 1. The van der Waals surface area contributed by atoms with E-state index in [-0.39, 0.29) is 5.56 Å². The fraction of sp³-hybridized carbons (Fsp3) is 0. The van der Waals surface area contributed by atoms with Crippen molar-refractivity contribution in [3.63, 3.8) is 0 Å². The van der Waals surface area contributed by atoms with Gasteiger partial charge >= 0.3 is 5.97 Å². The Kier molecular flexibility index (Phi) is 3.34. The highest BCUT2D eigenvalue weighted by molar-refractivity contribution is 5.95. The van der Waals surface area contributed by atoms with Crippen LogP contribution < -0.4 is 9.80 Å². The monoisotopic (exact) mass is 280 g/mol. The van der Waals surface area contributed by atoms with Gasteiger partial charge in [0.15, 0.2) is 5.82 Å². The number of aromatic carboxylic acids is 1. The third kappa shape index (κ3) is 2.59. The Morgan fingerprint density at radius 1 is 1.00 bits per heavy atom. The first-order valence-electron chi connectivity index (χ1n) is 6.27. The van der Waals surface area contributed by atoms with Crippen molar-refractivity contribution in [2.45, 2.75) is 0 Å². The first kappa shape index (κ1) is 12.9. The molecule has 0 saturated heterocycles. The Morgan fingerprint density at radius 2 is 1.71 bits per heavy atom. The van der Waals surface area contributed by atoms with E-state index in [9.17, 15) is 9.90 Å². The second-order valence-corrected chi connectivity index (χ2v) is 4.30. The first-order chi connectivity index (χ1) is 10.3. The summed E-state index contributed by atoms with van der Waals surface area (Å²) in [7, 11) is 0. The van der Waals surface area contributed by atoms with Crippen molar-refractivity contribution in [2.24, 2.45) is 0 Å². The third-order valence-corrected chi connectivity index (χ3v) is 3.00. The maximum atomic E-state index is 11.2. The molecular weight excluding hydrogens is 268 g/mol. The molecule has 1 aromatic carbocycles. The molecule has 2 aromatic rings. The standard InChI is InChI=1S/C15H12N4O2/c20-15(21)12-3-1-2-4-13(12)18-7-9-19(10-8-18)14-11-16-5-6-17-14/h1-11H,(H,20,21). The lowest BCUT2D eigenvalue weighted by molar-refractivity contribution is 0.0697. The summed E-state index contributed by atoms with van der Waals surface area (Å²) in [4.78, 5) is 23.0. The van der Waals surface area contributed by atoms with Crippen LogP contribution in [0, 0.1) is 0 Å². The number of para-hydroxylation sites is 1. The Morgan fingerprint density at radius 3 is 2.38 bits per heavy atom. The minimum Gasteiger partial charge on any atom is -0.478 e. The normalized spacial score (nSPS) is 13.5. The minimum atomic E-state index is -0.955. The van der Waals surface area contributed by atoms with Crippen molar-refractivity contribution < 1.29 is 9.90 Å². The fourth-order valence-electron chi connectivity index (χ4n) is 2.00. The van der Waals surface area contributed by atoms with E-state index < -0.39 is 5.97 Å². The molecule has 0 unspecified atom stereocenters. The molecular formula is C15H12N4O2. The second kappa shape index (κ2) is 5.46. The number of carbonyl (C=O) groups is 1. The largest absolute Gasteiger partial charge is 0.478 e. The highest BCUT2D eigenvalue weighted by Crippen LogP contribution is 2.24. The van der Waals surface area contributed by atoms with E-state index >= 15 is 0 Å². The van der Waals surface area contributed by atoms with Crippen LogP contribution in [0.2, 0.25) is 0 Å². The van der Waals surface area contributed by atoms with Crippen LogP contribution in [0.5, 0.6) is 0 Å². The third-order valence-electron chi connectivity index (χ3n) is 3.00. The van der Waals surface area contributed by atoms with Crippen molar-refractivity contribution >= 4 is 17.5 Å². The van der Waals surface area contributed by atoms with Crippen molar-refractivity contribution in [2.75, 3.05) is 9.80 Å². The maximum Gasteiger partial charge on any atom is 0.337 e. The van der Waals surface area contributed by atoms with Crippen LogP contribution in [0.3, 0.4) is 0 Å².